The minimum absolute atomic E-state index is 0.178. The maximum atomic E-state index is 5.72. The Morgan fingerprint density at radius 2 is 2.44 bits per heavy atom. The second-order valence-corrected chi connectivity index (χ2v) is 4.00. The van der Waals surface area contributed by atoms with Crippen molar-refractivity contribution in [3.63, 3.8) is 0 Å². The molecule has 1 aliphatic heterocycles. The van der Waals surface area contributed by atoms with Crippen molar-refractivity contribution in [2.75, 3.05) is 13.7 Å². The zero-order chi connectivity index (χ0) is 11.4. The first-order chi connectivity index (χ1) is 7.85. The second-order valence-electron chi connectivity index (χ2n) is 4.00. The van der Waals surface area contributed by atoms with Crippen molar-refractivity contribution >= 4 is 0 Å². The largest absolute Gasteiger partial charge is 0.481 e. The molecule has 2 heterocycles. The number of ether oxygens (including phenoxy) is 2. The van der Waals surface area contributed by atoms with Crippen molar-refractivity contribution in [2.45, 2.75) is 31.9 Å². The van der Waals surface area contributed by atoms with E-state index in [0.29, 0.717) is 12.4 Å². The smallest absolute Gasteiger partial charge is 0.217 e. The number of nitrogens with zero attached hydrogens (tertiary/aromatic N) is 1. The van der Waals surface area contributed by atoms with E-state index in [1.807, 2.05) is 12.3 Å². The summed E-state index contributed by atoms with van der Waals surface area (Å²) in [5.74, 6) is 0.613. The predicted octanol–water partition coefficient (Wildman–Crippen LogP) is 1.79. The molecule has 1 aromatic rings. The molecule has 0 radical (unpaired) electrons. The van der Waals surface area contributed by atoms with Crippen LogP contribution in [0, 0.1) is 0 Å². The molecule has 0 aromatic carbocycles. The predicted molar refractivity (Wildman–Crippen MR) is 61.2 cm³/mol. The molecular formula is C12H18N2O2. The maximum Gasteiger partial charge on any atom is 0.217 e. The maximum absolute atomic E-state index is 5.72. The average Bonchev–Trinajstić information content (AvgIpc) is 2.39. The fraction of sp³-hybridized carbons (Fsp3) is 0.583. The van der Waals surface area contributed by atoms with E-state index in [9.17, 15) is 0 Å². The minimum atomic E-state index is 0.178. The SMILES string of the molecule is COc1ncc(C2CCCCO2)cc1CN. The number of nitrogens with two attached hydrogens (primary N) is 1. The Bertz CT molecular complexity index is 349. The summed E-state index contributed by atoms with van der Waals surface area (Å²) >= 11 is 0. The van der Waals surface area contributed by atoms with Gasteiger partial charge in [0.1, 0.15) is 0 Å². The van der Waals surface area contributed by atoms with Crippen molar-refractivity contribution in [3.8, 4) is 5.88 Å². The van der Waals surface area contributed by atoms with Crippen molar-refractivity contribution in [3.05, 3.63) is 23.4 Å². The van der Waals surface area contributed by atoms with Gasteiger partial charge in [-0.15, -0.1) is 0 Å². The Hall–Kier alpha value is -1.13. The minimum Gasteiger partial charge on any atom is -0.481 e. The molecule has 0 spiro atoms. The third-order valence-corrected chi connectivity index (χ3v) is 2.91. The molecule has 0 saturated carbocycles. The van der Waals surface area contributed by atoms with Gasteiger partial charge in [-0.3, -0.25) is 0 Å². The molecular weight excluding hydrogens is 204 g/mol. The van der Waals surface area contributed by atoms with Gasteiger partial charge in [-0.25, -0.2) is 4.98 Å². The van der Waals surface area contributed by atoms with E-state index in [2.05, 4.69) is 4.98 Å². The Morgan fingerprint density at radius 1 is 1.56 bits per heavy atom. The van der Waals surface area contributed by atoms with Gasteiger partial charge in [0.15, 0.2) is 0 Å². The first-order valence-corrected chi connectivity index (χ1v) is 5.69. The lowest BCUT2D eigenvalue weighted by Crippen LogP contribution is -2.13. The zero-order valence-corrected chi connectivity index (χ0v) is 9.61. The highest BCUT2D eigenvalue weighted by molar-refractivity contribution is 5.31. The number of rotatable bonds is 3. The van der Waals surface area contributed by atoms with Crippen LogP contribution in [0.5, 0.6) is 5.88 Å². The molecule has 1 aliphatic rings. The van der Waals surface area contributed by atoms with E-state index < -0.39 is 0 Å². The summed E-state index contributed by atoms with van der Waals surface area (Å²) < 4.78 is 10.9. The van der Waals surface area contributed by atoms with E-state index in [1.165, 1.54) is 6.42 Å². The van der Waals surface area contributed by atoms with Crippen LogP contribution in [0.15, 0.2) is 12.3 Å². The fourth-order valence-electron chi connectivity index (χ4n) is 2.03. The van der Waals surface area contributed by atoms with Gasteiger partial charge in [0, 0.05) is 24.9 Å². The Kier molecular flexibility index (Phi) is 3.74. The zero-order valence-electron chi connectivity index (χ0n) is 9.61. The number of aromatic nitrogens is 1. The van der Waals surface area contributed by atoms with Crippen LogP contribution >= 0.6 is 0 Å². The summed E-state index contributed by atoms with van der Waals surface area (Å²) in [6.45, 7) is 1.28. The lowest BCUT2D eigenvalue weighted by atomic mass is 10.0. The third-order valence-electron chi connectivity index (χ3n) is 2.91. The lowest BCUT2D eigenvalue weighted by Gasteiger charge is -2.23. The fourth-order valence-corrected chi connectivity index (χ4v) is 2.03. The topological polar surface area (TPSA) is 57.4 Å². The first-order valence-electron chi connectivity index (χ1n) is 5.69. The van der Waals surface area contributed by atoms with Gasteiger partial charge in [-0.2, -0.15) is 0 Å². The van der Waals surface area contributed by atoms with Crippen LogP contribution in [-0.4, -0.2) is 18.7 Å². The number of hydrogen-bond acceptors (Lipinski definition) is 4. The molecule has 1 unspecified atom stereocenters. The number of hydrogen-bond donors (Lipinski definition) is 1. The van der Waals surface area contributed by atoms with Gasteiger partial charge in [-0.05, 0) is 30.9 Å². The summed E-state index contributed by atoms with van der Waals surface area (Å²) in [7, 11) is 1.61. The lowest BCUT2D eigenvalue weighted by molar-refractivity contribution is 0.0146. The summed E-state index contributed by atoms with van der Waals surface area (Å²) in [5.41, 5.74) is 7.71. The van der Waals surface area contributed by atoms with Gasteiger partial charge in [0.05, 0.1) is 13.2 Å². The van der Waals surface area contributed by atoms with Crippen molar-refractivity contribution in [2.24, 2.45) is 5.73 Å². The monoisotopic (exact) mass is 222 g/mol. The van der Waals surface area contributed by atoms with E-state index in [4.69, 9.17) is 15.2 Å². The van der Waals surface area contributed by atoms with Crippen molar-refractivity contribution < 1.29 is 9.47 Å². The van der Waals surface area contributed by atoms with E-state index in [0.717, 1.165) is 30.6 Å². The van der Waals surface area contributed by atoms with Crippen LogP contribution in [0.25, 0.3) is 0 Å². The van der Waals surface area contributed by atoms with E-state index >= 15 is 0 Å². The van der Waals surface area contributed by atoms with Crippen molar-refractivity contribution in [1.82, 2.24) is 4.98 Å². The van der Waals surface area contributed by atoms with Gasteiger partial charge in [0.2, 0.25) is 5.88 Å². The molecule has 0 aliphatic carbocycles. The molecule has 4 nitrogen and oxygen atoms in total. The highest BCUT2D eigenvalue weighted by atomic mass is 16.5. The number of methoxy groups -OCH3 is 1. The van der Waals surface area contributed by atoms with Crippen molar-refractivity contribution in [1.29, 1.82) is 0 Å². The molecule has 1 aromatic heterocycles. The first kappa shape index (κ1) is 11.4. The second kappa shape index (κ2) is 5.27. The third kappa shape index (κ3) is 2.33. The van der Waals surface area contributed by atoms with Gasteiger partial charge >= 0.3 is 0 Å². The summed E-state index contributed by atoms with van der Waals surface area (Å²) in [6.07, 6.45) is 5.45. The van der Waals surface area contributed by atoms with Crippen LogP contribution in [0.3, 0.4) is 0 Å². The molecule has 2 N–H and O–H groups in total. The molecule has 0 bridgehead atoms. The summed E-state index contributed by atoms with van der Waals surface area (Å²) in [6, 6.07) is 2.04. The summed E-state index contributed by atoms with van der Waals surface area (Å²) in [4.78, 5) is 4.26. The molecule has 88 valence electrons. The van der Waals surface area contributed by atoms with Crippen LogP contribution < -0.4 is 10.5 Å². The van der Waals surface area contributed by atoms with Gasteiger partial charge in [-0.1, -0.05) is 0 Å². The van der Waals surface area contributed by atoms with E-state index in [-0.39, 0.29) is 6.10 Å². The normalized spacial score (nSPS) is 20.8. The van der Waals surface area contributed by atoms with Crippen LogP contribution in [0.2, 0.25) is 0 Å². The molecule has 4 heteroatoms. The number of pyridine rings is 1. The van der Waals surface area contributed by atoms with Crippen LogP contribution in [-0.2, 0) is 11.3 Å². The average molecular weight is 222 g/mol. The highest BCUT2D eigenvalue weighted by Crippen LogP contribution is 2.29. The molecule has 16 heavy (non-hydrogen) atoms. The highest BCUT2D eigenvalue weighted by Gasteiger charge is 2.17. The standard InChI is InChI=1S/C12H18N2O2/c1-15-12-9(7-13)6-10(8-14-12)11-4-2-3-5-16-11/h6,8,11H,2-5,7,13H2,1H3. The molecule has 2 rings (SSSR count). The molecule has 0 amide bonds. The Balaban J connectivity index is 2.20. The van der Waals surface area contributed by atoms with Gasteiger partial charge < -0.3 is 15.2 Å². The molecule has 1 saturated heterocycles. The Labute approximate surface area is 95.8 Å². The quantitative estimate of drug-likeness (QED) is 0.847. The Morgan fingerprint density at radius 3 is 3.06 bits per heavy atom. The molecule has 1 fully saturated rings. The summed E-state index contributed by atoms with van der Waals surface area (Å²) in [5, 5.41) is 0. The van der Waals surface area contributed by atoms with Crippen LogP contribution in [0.4, 0.5) is 0 Å². The molecule has 1 atom stereocenters. The van der Waals surface area contributed by atoms with Crippen LogP contribution in [0.1, 0.15) is 36.5 Å². The van der Waals surface area contributed by atoms with E-state index in [1.54, 1.807) is 7.11 Å². The van der Waals surface area contributed by atoms with Gasteiger partial charge in [0.25, 0.3) is 0 Å².